The van der Waals surface area contributed by atoms with Crippen LogP contribution < -0.4 is 0 Å². The van der Waals surface area contributed by atoms with Gasteiger partial charge >= 0.3 is 0 Å². The van der Waals surface area contributed by atoms with Crippen LogP contribution in [0.3, 0.4) is 0 Å². The molecule has 1 aliphatic rings. The molecule has 0 bridgehead atoms. The highest BCUT2D eigenvalue weighted by atomic mass is 14.2. The maximum Gasteiger partial charge on any atom is 0.000959 e. The third-order valence-corrected chi connectivity index (χ3v) is 4.43. The monoisotopic (exact) mass is 300 g/mol. The van der Waals surface area contributed by atoms with Crippen molar-refractivity contribution in [2.75, 3.05) is 0 Å². The zero-order valence-electron chi connectivity index (χ0n) is 14.8. The molecule has 2 unspecified atom stereocenters. The molecule has 0 N–H and O–H groups in total. The van der Waals surface area contributed by atoms with Crippen molar-refractivity contribution in [3.05, 3.63) is 48.6 Å². The second-order valence-electron chi connectivity index (χ2n) is 6.48. The Morgan fingerprint density at radius 2 is 1.59 bits per heavy atom. The van der Waals surface area contributed by atoms with E-state index in [1.807, 2.05) is 0 Å². The molecule has 0 aromatic rings. The molecule has 0 saturated carbocycles. The molecule has 0 heterocycles. The first-order valence-corrected chi connectivity index (χ1v) is 9.55. The number of rotatable bonds is 11. The lowest BCUT2D eigenvalue weighted by molar-refractivity contribution is 0.495. The maximum absolute atomic E-state index is 2.44. The minimum atomic E-state index is 0.611. The van der Waals surface area contributed by atoms with Crippen LogP contribution in [-0.4, -0.2) is 0 Å². The Kier molecular flexibility index (Phi) is 11.8. The molecule has 0 spiro atoms. The zero-order valence-corrected chi connectivity index (χ0v) is 14.8. The molecular weight excluding hydrogens is 264 g/mol. The van der Waals surface area contributed by atoms with Gasteiger partial charge in [0.1, 0.15) is 0 Å². The molecule has 2 atom stereocenters. The SMILES string of the molecule is CCCCC/C=C/C=C/C1CCC=CC1/C=C/CCCCC. The van der Waals surface area contributed by atoms with Crippen molar-refractivity contribution in [3.8, 4) is 0 Å². The third-order valence-electron chi connectivity index (χ3n) is 4.43. The van der Waals surface area contributed by atoms with Gasteiger partial charge in [0.05, 0.1) is 0 Å². The van der Waals surface area contributed by atoms with Gasteiger partial charge < -0.3 is 0 Å². The van der Waals surface area contributed by atoms with Crippen LogP contribution in [-0.2, 0) is 0 Å². The summed E-state index contributed by atoms with van der Waals surface area (Å²) in [6.07, 6.45) is 31.8. The molecule has 1 aliphatic carbocycles. The molecule has 1 rings (SSSR count). The summed E-state index contributed by atoms with van der Waals surface area (Å²) in [6.45, 7) is 4.53. The van der Waals surface area contributed by atoms with Gasteiger partial charge in [0.2, 0.25) is 0 Å². The smallest absolute Gasteiger partial charge is 0.000959 e. The van der Waals surface area contributed by atoms with Crippen molar-refractivity contribution < 1.29 is 0 Å². The summed E-state index contributed by atoms with van der Waals surface area (Å²) in [6, 6.07) is 0. The first-order chi connectivity index (χ1) is 10.9. The summed E-state index contributed by atoms with van der Waals surface area (Å²) in [4.78, 5) is 0. The Labute approximate surface area is 139 Å². The average molecular weight is 301 g/mol. The number of hydrogen-bond acceptors (Lipinski definition) is 0. The van der Waals surface area contributed by atoms with E-state index in [0.29, 0.717) is 11.8 Å². The quantitative estimate of drug-likeness (QED) is 0.212. The minimum absolute atomic E-state index is 0.611. The molecular formula is C22H36. The highest BCUT2D eigenvalue weighted by molar-refractivity contribution is 5.14. The molecule has 0 nitrogen and oxygen atoms in total. The largest absolute Gasteiger partial charge is 0.0879 e. The normalized spacial score (nSPS) is 22.5. The van der Waals surface area contributed by atoms with Gasteiger partial charge in [-0.3, -0.25) is 0 Å². The van der Waals surface area contributed by atoms with Crippen LogP contribution in [0.1, 0.15) is 78.1 Å². The van der Waals surface area contributed by atoms with Gasteiger partial charge in [0.15, 0.2) is 0 Å². The van der Waals surface area contributed by atoms with Crippen LogP contribution in [0.25, 0.3) is 0 Å². The highest BCUT2D eigenvalue weighted by Crippen LogP contribution is 2.27. The van der Waals surface area contributed by atoms with E-state index < -0.39 is 0 Å². The number of hydrogen-bond donors (Lipinski definition) is 0. The van der Waals surface area contributed by atoms with Crippen molar-refractivity contribution in [2.45, 2.75) is 78.1 Å². The first kappa shape index (κ1) is 19.0. The van der Waals surface area contributed by atoms with Gasteiger partial charge in [-0.25, -0.2) is 0 Å². The highest BCUT2D eigenvalue weighted by Gasteiger charge is 2.15. The van der Waals surface area contributed by atoms with E-state index in [1.54, 1.807) is 0 Å². The minimum Gasteiger partial charge on any atom is -0.0879 e. The third kappa shape index (κ3) is 9.07. The Morgan fingerprint density at radius 3 is 2.32 bits per heavy atom. The molecule has 0 radical (unpaired) electrons. The topological polar surface area (TPSA) is 0 Å². The second kappa shape index (κ2) is 13.6. The van der Waals surface area contributed by atoms with Crippen molar-refractivity contribution >= 4 is 0 Å². The van der Waals surface area contributed by atoms with Crippen molar-refractivity contribution in [1.29, 1.82) is 0 Å². The van der Waals surface area contributed by atoms with Gasteiger partial charge in [0.25, 0.3) is 0 Å². The van der Waals surface area contributed by atoms with E-state index in [1.165, 1.54) is 64.2 Å². The average Bonchev–Trinajstić information content (AvgIpc) is 2.55. The fraction of sp³-hybridized carbons (Fsp3) is 0.636. The molecule has 22 heavy (non-hydrogen) atoms. The Balaban J connectivity index is 2.34. The lowest BCUT2D eigenvalue weighted by atomic mass is 9.83. The van der Waals surface area contributed by atoms with Gasteiger partial charge in [-0.05, 0) is 44.4 Å². The van der Waals surface area contributed by atoms with Gasteiger partial charge in [-0.15, -0.1) is 0 Å². The van der Waals surface area contributed by atoms with Crippen LogP contribution in [0.15, 0.2) is 48.6 Å². The maximum atomic E-state index is 2.44. The second-order valence-corrected chi connectivity index (χ2v) is 6.48. The van der Waals surface area contributed by atoms with Gasteiger partial charge in [-0.2, -0.15) is 0 Å². The van der Waals surface area contributed by atoms with Crippen LogP contribution in [0.2, 0.25) is 0 Å². The van der Waals surface area contributed by atoms with Crippen molar-refractivity contribution in [1.82, 2.24) is 0 Å². The van der Waals surface area contributed by atoms with Gasteiger partial charge in [0, 0.05) is 5.92 Å². The van der Waals surface area contributed by atoms with Crippen molar-refractivity contribution in [2.24, 2.45) is 11.8 Å². The Hall–Kier alpha value is -1.04. The molecule has 0 fully saturated rings. The molecule has 0 aliphatic heterocycles. The standard InChI is InChI=1S/C22H36/c1-3-5-7-9-10-12-14-18-22-20-16-15-19-21(22)17-13-11-8-6-4-2/h10,12-15,17-19,21-22H,3-9,11,16,20H2,1-2H3/b12-10+,17-13+,18-14+. The summed E-state index contributed by atoms with van der Waals surface area (Å²) in [5.41, 5.74) is 0. The van der Waals surface area contributed by atoms with E-state index in [2.05, 4.69) is 62.5 Å². The van der Waals surface area contributed by atoms with E-state index in [4.69, 9.17) is 0 Å². The van der Waals surface area contributed by atoms with Crippen LogP contribution in [0, 0.1) is 11.8 Å². The Morgan fingerprint density at radius 1 is 0.864 bits per heavy atom. The van der Waals surface area contributed by atoms with E-state index in [-0.39, 0.29) is 0 Å². The van der Waals surface area contributed by atoms with Gasteiger partial charge in [-0.1, -0.05) is 88.1 Å². The van der Waals surface area contributed by atoms with Crippen molar-refractivity contribution in [3.63, 3.8) is 0 Å². The molecule has 0 heteroatoms. The first-order valence-electron chi connectivity index (χ1n) is 9.55. The molecule has 0 amide bonds. The summed E-state index contributed by atoms with van der Waals surface area (Å²) < 4.78 is 0. The van der Waals surface area contributed by atoms with Crippen LogP contribution >= 0.6 is 0 Å². The summed E-state index contributed by atoms with van der Waals surface area (Å²) in [5, 5.41) is 0. The number of allylic oxidation sites excluding steroid dienone is 8. The van der Waals surface area contributed by atoms with E-state index in [9.17, 15) is 0 Å². The predicted molar refractivity (Wildman–Crippen MR) is 101 cm³/mol. The number of unbranched alkanes of at least 4 members (excludes halogenated alkanes) is 6. The Bertz CT molecular complexity index is 356. The lowest BCUT2D eigenvalue weighted by Gasteiger charge is -2.22. The molecule has 0 saturated heterocycles. The zero-order chi connectivity index (χ0) is 15.9. The van der Waals surface area contributed by atoms with Crippen LogP contribution in [0.5, 0.6) is 0 Å². The molecule has 0 aromatic heterocycles. The summed E-state index contributed by atoms with van der Waals surface area (Å²) >= 11 is 0. The fourth-order valence-corrected chi connectivity index (χ4v) is 2.97. The van der Waals surface area contributed by atoms with E-state index >= 15 is 0 Å². The molecule has 124 valence electrons. The summed E-state index contributed by atoms with van der Waals surface area (Å²) in [7, 11) is 0. The van der Waals surface area contributed by atoms with E-state index in [0.717, 1.165) is 0 Å². The fourth-order valence-electron chi connectivity index (χ4n) is 2.97. The predicted octanol–water partition coefficient (Wildman–Crippen LogP) is 7.40. The summed E-state index contributed by atoms with van der Waals surface area (Å²) in [5.74, 6) is 1.30. The van der Waals surface area contributed by atoms with Crippen LogP contribution in [0.4, 0.5) is 0 Å². The lowest BCUT2D eigenvalue weighted by Crippen LogP contribution is -2.11. The molecule has 0 aromatic carbocycles.